The number of carbonyl (C=O) groups excluding carboxylic acids is 2. The summed E-state index contributed by atoms with van der Waals surface area (Å²) in [5, 5.41) is 9.52. The molecule has 1 N–H and O–H groups in total. The van der Waals surface area contributed by atoms with E-state index in [0.29, 0.717) is 18.3 Å². The van der Waals surface area contributed by atoms with Crippen molar-refractivity contribution in [2.45, 2.75) is 6.42 Å². The summed E-state index contributed by atoms with van der Waals surface area (Å²) in [4.78, 5) is 20.5. The van der Waals surface area contributed by atoms with E-state index in [1.54, 1.807) is 24.3 Å². The van der Waals surface area contributed by atoms with E-state index in [-0.39, 0.29) is 11.3 Å². The number of benzene rings is 1. The maximum atomic E-state index is 10.5. The van der Waals surface area contributed by atoms with Crippen LogP contribution in [0.2, 0.25) is 0 Å². The normalized spacial score (nSPS) is 10.3. The summed E-state index contributed by atoms with van der Waals surface area (Å²) in [7, 11) is 0. The third kappa shape index (κ3) is 2.29. The molecule has 3 nitrogen and oxygen atoms in total. The number of phenolic OH excluding ortho intramolecular Hbond substituents is 1. The van der Waals surface area contributed by atoms with E-state index in [1.165, 1.54) is 6.07 Å². The van der Waals surface area contributed by atoms with Crippen LogP contribution in [0.1, 0.15) is 22.3 Å². The van der Waals surface area contributed by atoms with Crippen molar-refractivity contribution >= 4 is 18.6 Å². The minimum absolute atomic E-state index is 0.0513. The van der Waals surface area contributed by atoms with Gasteiger partial charge in [0.1, 0.15) is 12.0 Å². The van der Waals surface area contributed by atoms with Crippen LogP contribution >= 0.6 is 0 Å². The molecule has 0 aromatic heterocycles. The smallest absolute Gasteiger partial charge is 0.153 e. The van der Waals surface area contributed by atoms with Crippen LogP contribution in [0.25, 0.3) is 6.08 Å². The van der Waals surface area contributed by atoms with Crippen molar-refractivity contribution in [2.24, 2.45) is 0 Å². The summed E-state index contributed by atoms with van der Waals surface area (Å²) < 4.78 is 0. The largest absolute Gasteiger partial charge is 0.507 e. The van der Waals surface area contributed by atoms with E-state index in [0.717, 1.165) is 6.29 Å². The van der Waals surface area contributed by atoms with Crippen molar-refractivity contribution in [3.05, 3.63) is 35.4 Å². The Morgan fingerprint density at radius 2 is 1.93 bits per heavy atom. The van der Waals surface area contributed by atoms with Crippen LogP contribution < -0.4 is 0 Å². The first-order chi connectivity index (χ1) is 6.79. The lowest BCUT2D eigenvalue weighted by Gasteiger charge is -2.00. The van der Waals surface area contributed by atoms with Gasteiger partial charge in [-0.2, -0.15) is 0 Å². The highest BCUT2D eigenvalue weighted by Crippen LogP contribution is 2.21. The van der Waals surface area contributed by atoms with Gasteiger partial charge in [0.2, 0.25) is 0 Å². The Morgan fingerprint density at radius 3 is 2.57 bits per heavy atom. The molecule has 1 rings (SSSR count). The van der Waals surface area contributed by atoms with Crippen molar-refractivity contribution in [1.82, 2.24) is 0 Å². The molecule has 1 aromatic rings. The predicted octanol–water partition coefficient (Wildman–Crippen LogP) is 1.81. The van der Waals surface area contributed by atoms with Crippen LogP contribution in [0.3, 0.4) is 0 Å². The Balaban J connectivity index is 2.97. The van der Waals surface area contributed by atoms with Gasteiger partial charge in [-0.15, -0.1) is 0 Å². The van der Waals surface area contributed by atoms with E-state index in [4.69, 9.17) is 0 Å². The zero-order valence-corrected chi connectivity index (χ0v) is 7.51. The lowest BCUT2D eigenvalue weighted by Crippen LogP contribution is -1.83. The molecule has 0 amide bonds. The number of hydrogen-bond donors (Lipinski definition) is 1. The summed E-state index contributed by atoms with van der Waals surface area (Å²) in [6.45, 7) is 0. The predicted molar refractivity (Wildman–Crippen MR) is 53.2 cm³/mol. The Hall–Kier alpha value is -1.90. The third-order valence-electron chi connectivity index (χ3n) is 1.76. The maximum Gasteiger partial charge on any atom is 0.153 e. The van der Waals surface area contributed by atoms with Gasteiger partial charge in [-0.3, -0.25) is 4.79 Å². The minimum atomic E-state index is -0.0513. The van der Waals surface area contributed by atoms with E-state index in [1.807, 2.05) is 0 Å². The monoisotopic (exact) mass is 190 g/mol. The van der Waals surface area contributed by atoms with Crippen molar-refractivity contribution in [2.75, 3.05) is 0 Å². The molecule has 0 fully saturated rings. The zero-order valence-electron chi connectivity index (χ0n) is 7.51. The number of hydrogen-bond acceptors (Lipinski definition) is 3. The van der Waals surface area contributed by atoms with Gasteiger partial charge in [0.05, 0.1) is 5.56 Å². The number of phenols is 1. The van der Waals surface area contributed by atoms with E-state index < -0.39 is 0 Å². The van der Waals surface area contributed by atoms with Gasteiger partial charge >= 0.3 is 0 Å². The number of aldehydes is 2. The number of para-hydroxylation sites is 1. The molecule has 0 saturated carbocycles. The molecule has 0 aliphatic carbocycles. The first kappa shape index (κ1) is 10.2. The SMILES string of the molecule is O=CCC=Cc1cccc(C=O)c1O. The first-order valence-electron chi connectivity index (χ1n) is 4.17. The highest BCUT2D eigenvalue weighted by molar-refractivity contribution is 5.82. The van der Waals surface area contributed by atoms with Crippen molar-refractivity contribution < 1.29 is 14.7 Å². The van der Waals surface area contributed by atoms with Gasteiger partial charge < -0.3 is 9.90 Å². The average molecular weight is 190 g/mol. The van der Waals surface area contributed by atoms with Gasteiger partial charge in [-0.1, -0.05) is 24.3 Å². The number of carbonyl (C=O) groups is 2. The van der Waals surface area contributed by atoms with Gasteiger partial charge in [0.25, 0.3) is 0 Å². The van der Waals surface area contributed by atoms with Crippen molar-refractivity contribution in [3.63, 3.8) is 0 Å². The molecule has 72 valence electrons. The fraction of sp³-hybridized carbons (Fsp3) is 0.0909. The third-order valence-corrected chi connectivity index (χ3v) is 1.76. The fourth-order valence-corrected chi connectivity index (χ4v) is 1.06. The average Bonchev–Trinajstić information content (AvgIpc) is 2.21. The van der Waals surface area contributed by atoms with Gasteiger partial charge in [-0.25, -0.2) is 0 Å². The summed E-state index contributed by atoms with van der Waals surface area (Å²) in [6, 6.07) is 4.87. The molecule has 0 aliphatic rings. The van der Waals surface area contributed by atoms with Crippen LogP contribution in [0.5, 0.6) is 5.75 Å². The topological polar surface area (TPSA) is 54.4 Å². The molecule has 0 unspecified atom stereocenters. The highest BCUT2D eigenvalue weighted by Gasteiger charge is 2.02. The lowest BCUT2D eigenvalue weighted by molar-refractivity contribution is -0.107. The summed E-state index contributed by atoms with van der Waals surface area (Å²) in [5.41, 5.74) is 0.787. The highest BCUT2D eigenvalue weighted by atomic mass is 16.3. The second-order valence-corrected chi connectivity index (χ2v) is 2.71. The van der Waals surface area contributed by atoms with Crippen LogP contribution in [0.15, 0.2) is 24.3 Å². The van der Waals surface area contributed by atoms with Crippen molar-refractivity contribution in [3.8, 4) is 5.75 Å². The molecule has 3 heteroatoms. The van der Waals surface area contributed by atoms with Crippen LogP contribution in [-0.2, 0) is 4.79 Å². The molecule has 1 aromatic carbocycles. The Morgan fingerprint density at radius 1 is 1.21 bits per heavy atom. The number of rotatable bonds is 4. The molecule has 0 heterocycles. The van der Waals surface area contributed by atoms with Crippen LogP contribution in [0, 0.1) is 0 Å². The van der Waals surface area contributed by atoms with Gasteiger partial charge in [-0.05, 0) is 6.07 Å². The molecular weight excluding hydrogens is 180 g/mol. The first-order valence-corrected chi connectivity index (χ1v) is 4.17. The van der Waals surface area contributed by atoms with Crippen molar-refractivity contribution in [1.29, 1.82) is 0 Å². The lowest BCUT2D eigenvalue weighted by atomic mass is 10.1. The molecule has 0 atom stereocenters. The quantitative estimate of drug-likeness (QED) is 0.736. The molecule has 14 heavy (non-hydrogen) atoms. The second kappa shape index (κ2) is 4.97. The van der Waals surface area contributed by atoms with Gasteiger partial charge in [0, 0.05) is 12.0 Å². The summed E-state index contributed by atoms with van der Waals surface area (Å²) >= 11 is 0. The second-order valence-electron chi connectivity index (χ2n) is 2.71. The van der Waals surface area contributed by atoms with E-state index >= 15 is 0 Å². The fourth-order valence-electron chi connectivity index (χ4n) is 1.06. The number of aromatic hydroxyl groups is 1. The Kier molecular flexibility index (Phi) is 3.61. The molecule has 0 spiro atoms. The summed E-state index contributed by atoms with van der Waals surface area (Å²) in [5.74, 6) is -0.0513. The minimum Gasteiger partial charge on any atom is -0.507 e. The molecule has 0 aliphatic heterocycles. The maximum absolute atomic E-state index is 10.5. The van der Waals surface area contributed by atoms with Gasteiger partial charge in [0.15, 0.2) is 6.29 Å². The van der Waals surface area contributed by atoms with Crippen LogP contribution in [-0.4, -0.2) is 17.7 Å². The van der Waals surface area contributed by atoms with E-state index in [2.05, 4.69) is 0 Å². The summed E-state index contributed by atoms with van der Waals surface area (Å²) in [6.07, 6.45) is 4.88. The molecule has 0 saturated heterocycles. The van der Waals surface area contributed by atoms with Crippen LogP contribution in [0.4, 0.5) is 0 Å². The van der Waals surface area contributed by atoms with E-state index in [9.17, 15) is 14.7 Å². The molecule has 0 radical (unpaired) electrons. The Labute approximate surface area is 81.7 Å². The molecule has 0 bridgehead atoms. The Bertz CT molecular complexity index is 367. The molecular formula is C11H10O3. The number of allylic oxidation sites excluding steroid dienone is 1. The zero-order chi connectivity index (χ0) is 10.4. The standard InChI is InChI=1S/C11H10O3/c12-7-2-1-4-9-5-3-6-10(8-13)11(9)14/h1,3-8,14H,2H2.